The number of para-hydroxylation sites is 1. The van der Waals surface area contributed by atoms with E-state index in [1.807, 2.05) is 52.0 Å². The van der Waals surface area contributed by atoms with Crippen LogP contribution in [0.25, 0.3) is 0 Å². The third-order valence-electron chi connectivity index (χ3n) is 5.35. The summed E-state index contributed by atoms with van der Waals surface area (Å²) in [6, 6.07) is 13.3. The molecule has 0 aliphatic rings. The molecule has 1 N–H and O–H groups in total. The lowest BCUT2D eigenvalue weighted by atomic mass is 10.0. The largest absolute Gasteiger partial charge is 0.352 e. The number of aryl methyl sites for hydroxylation is 1. The van der Waals surface area contributed by atoms with Crippen LogP contribution in [0.1, 0.15) is 50.3 Å². The van der Waals surface area contributed by atoms with E-state index in [0.29, 0.717) is 12.0 Å². The first-order valence-corrected chi connectivity index (χ1v) is 10.6. The fraction of sp³-hybridized carbons (Fsp3) is 0.417. The molecule has 0 spiro atoms. The molecule has 7 heteroatoms. The fourth-order valence-electron chi connectivity index (χ4n) is 3.47. The highest BCUT2D eigenvalue weighted by molar-refractivity contribution is 5.89. The molecule has 0 fully saturated rings. The summed E-state index contributed by atoms with van der Waals surface area (Å²) in [4.78, 5) is 38.8. The number of nitrogens with one attached hydrogen (secondary N) is 1. The first-order valence-electron chi connectivity index (χ1n) is 10.6. The van der Waals surface area contributed by atoms with Gasteiger partial charge in [-0.2, -0.15) is 0 Å². The summed E-state index contributed by atoms with van der Waals surface area (Å²) < 4.78 is 0. The number of benzene rings is 2. The van der Waals surface area contributed by atoms with Crippen molar-refractivity contribution in [2.45, 2.75) is 65.6 Å². The third kappa shape index (κ3) is 6.64. The SMILES string of the molecule is CC[C@@H](C)NC(=O)[C@@H](CC)N(Cc1cccc(C)c1)C(=O)Cc1ccccc1[N+](=O)[O-]. The quantitative estimate of drug-likeness (QED) is 0.457. The first-order chi connectivity index (χ1) is 14.8. The van der Waals surface area contributed by atoms with Gasteiger partial charge >= 0.3 is 0 Å². The third-order valence-corrected chi connectivity index (χ3v) is 5.35. The molecule has 2 aromatic carbocycles. The van der Waals surface area contributed by atoms with Crippen LogP contribution in [-0.2, 0) is 22.6 Å². The number of carbonyl (C=O) groups is 2. The van der Waals surface area contributed by atoms with E-state index in [0.717, 1.165) is 17.5 Å². The maximum absolute atomic E-state index is 13.4. The van der Waals surface area contributed by atoms with Crippen molar-refractivity contribution in [1.29, 1.82) is 0 Å². The molecule has 0 saturated heterocycles. The Hall–Kier alpha value is -3.22. The monoisotopic (exact) mass is 425 g/mol. The Morgan fingerprint density at radius 2 is 1.81 bits per heavy atom. The zero-order valence-electron chi connectivity index (χ0n) is 18.6. The molecule has 2 amide bonds. The van der Waals surface area contributed by atoms with Gasteiger partial charge in [0.05, 0.1) is 11.3 Å². The highest BCUT2D eigenvalue weighted by Crippen LogP contribution is 2.21. The van der Waals surface area contributed by atoms with Crippen LogP contribution < -0.4 is 5.32 Å². The van der Waals surface area contributed by atoms with E-state index in [1.54, 1.807) is 23.1 Å². The summed E-state index contributed by atoms with van der Waals surface area (Å²) in [6.07, 6.45) is 1.08. The van der Waals surface area contributed by atoms with Crippen LogP contribution in [0.2, 0.25) is 0 Å². The van der Waals surface area contributed by atoms with Gasteiger partial charge in [0.1, 0.15) is 6.04 Å². The Morgan fingerprint density at radius 1 is 1.10 bits per heavy atom. The van der Waals surface area contributed by atoms with E-state index >= 15 is 0 Å². The molecule has 0 bridgehead atoms. The summed E-state index contributed by atoms with van der Waals surface area (Å²) in [5, 5.41) is 14.3. The number of carbonyl (C=O) groups excluding carboxylic acids is 2. The minimum Gasteiger partial charge on any atom is -0.352 e. The van der Waals surface area contributed by atoms with Gasteiger partial charge in [-0.25, -0.2) is 0 Å². The van der Waals surface area contributed by atoms with Crippen molar-refractivity contribution >= 4 is 17.5 Å². The minimum absolute atomic E-state index is 0.00678. The molecule has 0 heterocycles. The van der Waals surface area contributed by atoms with Gasteiger partial charge in [-0.15, -0.1) is 0 Å². The van der Waals surface area contributed by atoms with E-state index < -0.39 is 11.0 Å². The molecule has 0 saturated carbocycles. The second-order valence-corrected chi connectivity index (χ2v) is 7.82. The van der Waals surface area contributed by atoms with Crippen molar-refractivity contribution in [2.75, 3.05) is 0 Å². The molecule has 0 aliphatic carbocycles. The summed E-state index contributed by atoms with van der Waals surface area (Å²) >= 11 is 0. The van der Waals surface area contributed by atoms with Crippen molar-refractivity contribution in [1.82, 2.24) is 10.2 Å². The zero-order chi connectivity index (χ0) is 23.0. The number of rotatable bonds is 10. The maximum Gasteiger partial charge on any atom is 0.273 e. The number of nitro benzene ring substituents is 1. The molecule has 166 valence electrons. The minimum atomic E-state index is -0.662. The number of nitro groups is 1. The van der Waals surface area contributed by atoms with Crippen LogP contribution in [-0.4, -0.2) is 33.7 Å². The Morgan fingerprint density at radius 3 is 2.42 bits per heavy atom. The van der Waals surface area contributed by atoms with Crippen LogP contribution in [0, 0.1) is 17.0 Å². The van der Waals surface area contributed by atoms with Crippen molar-refractivity contribution in [3.8, 4) is 0 Å². The maximum atomic E-state index is 13.4. The summed E-state index contributed by atoms with van der Waals surface area (Å²) in [5.41, 5.74) is 2.21. The standard InChI is InChI=1S/C24H31N3O4/c1-5-18(4)25-24(29)21(6-2)26(16-19-11-9-10-17(3)14-19)23(28)15-20-12-7-8-13-22(20)27(30)31/h7-14,18,21H,5-6,15-16H2,1-4H3,(H,25,29)/t18-,21-/m1/s1. The number of nitrogens with zero attached hydrogens (tertiary/aromatic N) is 2. The Balaban J connectivity index is 2.37. The van der Waals surface area contributed by atoms with Gasteiger partial charge in [0.25, 0.3) is 5.69 Å². The van der Waals surface area contributed by atoms with Gasteiger partial charge in [0.2, 0.25) is 11.8 Å². The highest BCUT2D eigenvalue weighted by Gasteiger charge is 2.30. The van der Waals surface area contributed by atoms with Crippen molar-refractivity contribution < 1.29 is 14.5 Å². The lowest BCUT2D eigenvalue weighted by molar-refractivity contribution is -0.385. The average molecular weight is 426 g/mol. The molecule has 0 aliphatic heterocycles. The van der Waals surface area contributed by atoms with Crippen molar-refractivity contribution in [2.24, 2.45) is 0 Å². The number of amides is 2. The molecule has 0 unspecified atom stereocenters. The Kier molecular flexibility index (Phi) is 8.73. The molecular weight excluding hydrogens is 394 g/mol. The van der Waals surface area contributed by atoms with Crippen LogP contribution >= 0.6 is 0 Å². The molecule has 2 atom stereocenters. The molecule has 7 nitrogen and oxygen atoms in total. The predicted octanol–water partition coefficient (Wildman–Crippen LogP) is 4.17. The smallest absolute Gasteiger partial charge is 0.273 e. The van der Waals surface area contributed by atoms with Crippen LogP contribution in [0.3, 0.4) is 0 Å². The summed E-state index contributed by atoms with van der Waals surface area (Å²) in [6.45, 7) is 7.99. The highest BCUT2D eigenvalue weighted by atomic mass is 16.6. The summed E-state index contributed by atoms with van der Waals surface area (Å²) in [7, 11) is 0. The Bertz CT molecular complexity index is 929. The van der Waals surface area contributed by atoms with E-state index in [-0.39, 0.29) is 36.5 Å². The average Bonchev–Trinajstić information content (AvgIpc) is 2.73. The van der Waals surface area contributed by atoms with Gasteiger partial charge in [-0.1, -0.05) is 61.9 Å². The van der Waals surface area contributed by atoms with E-state index in [9.17, 15) is 19.7 Å². The lowest BCUT2D eigenvalue weighted by Crippen LogP contribution is -2.51. The van der Waals surface area contributed by atoms with Crippen LogP contribution in [0.4, 0.5) is 5.69 Å². The lowest BCUT2D eigenvalue weighted by Gasteiger charge is -2.31. The Labute approximate surface area is 183 Å². The molecule has 2 aromatic rings. The fourth-order valence-corrected chi connectivity index (χ4v) is 3.47. The zero-order valence-corrected chi connectivity index (χ0v) is 18.6. The van der Waals surface area contributed by atoms with Crippen LogP contribution in [0.5, 0.6) is 0 Å². The van der Waals surface area contributed by atoms with Crippen LogP contribution in [0.15, 0.2) is 48.5 Å². The topological polar surface area (TPSA) is 92.6 Å². The molecule has 31 heavy (non-hydrogen) atoms. The number of hydrogen-bond acceptors (Lipinski definition) is 4. The van der Waals surface area contributed by atoms with Gasteiger partial charge in [-0.05, 0) is 32.3 Å². The number of hydrogen-bond donors (Lipinski definition) is 1. The first kappa shape index (κ1) is 24.1. The second kappa shape index (κ2) is 11.2. The summed E-state index contributed by atoms with van der Waals surface area (Å²) in [5.74, 6) is -0.526. The van der Waals surface area contributed by atoms with Crippen molar-refractivity contribution in [3.63, 3.8) is 0 Å². The van der Waals surface area contributed by atoms with Gasteiger partial charge < -0.3 is 10.2 Å². The van der Waals surface area contributed by atoms with Crippen molar-refractivity contribution in [3.05, 3.63) is 75.3 Å². The van der Waals surface area contributed by atoms with Gasteiger partial charge in [0, 0.05) is 24.2 Å². The van der Waals surface area contributed by atoms with E-state index in [2.05, 4.69) is 5.32 Å². The molecule has 2 rings (SSSR count). The van der Waals surface area contributed by atoms with Gasteiger partial charge in [-0.3, -0.25) is 19.7 Å². The van der Waals surface area contributed by atoms with E-state index in [4.69, 9.17) is 0 Å². The normalized spacial score (nSPS) is 12.6. The molecule has 0 radical (unpaired) electrons. The predicted molar refractivity (Wildman–Crippen MR) is 121 cm³/mol. The van der Waals surface area contributed by atoms with Gasteiger partial charge in [0.15, 0.2) is 0 Å². The second-order valence-electron chi connectivity index (χ2n) is 7.82. The molecular formula is C24H31N3O4. The van der Waals surface area contributed by atoms with E-state index in [1.165, 1.54) is 6.07 Å². The molecule has 0 aromatic heterocycles.